The number of anilines is 1. The fourth-order valence-electron chi connectivity index (χ4n) is 2.93. The van der Waals surface area contributed by atoms with E-state index in [1.54, 1.807) is 0 Å². The van der Waals surface area contributed by atoms with Gasteiger partial charge < -0.3 is 10.2 Å². The van der Waals surface area contributed by atoms with E-state index in [1.807, 2.05) is 6.20 Å². The summed E-state index contributed by atoms with van der Waals surface area (Å²) < 4.78 is 2.17. The van der Waals surface area contributed by atoms with Crippen LogP contribution in [0.2, 0.25) is 0 Å². The first-order chi connectivity index (χ1) is 8.14. The molecule has 0 saturated carbocycles. The molecule has 0 radical (unpaired) electrons. The normalized spacial score (nSPS) is 24.7. The van der Waals surface area contributed by atoms with Crippen LogP contribution in [0.3, 0.4) is 0 Å². The van der Waals surface area contributed by atoms with Crippen LogP contribution in [0, 0.1) is 5.41 Å². The van der Waals surface area contributed by atoms with Gasteiger partial charge in [-0.05, 0) is 31.3 Å². The molecule has 0 aromatic carbocycles. The Labute approximate surface area is 103 Å². The quantitative estimate of drug-likeness (QED) is 0.844. The number of nitrogens with zero attached hydrogens (tertiary/aromatic N) is 3. The molecule has 4 nitrogen and oxygen atoms in total. The Morgan fingerprint density at radius 3 is 2.65 bits per heavy atom. The highest BCUT2D eigenvalue weighted by molar-refractivity contribution is 5.46. The SMILES string of the molecule is CC1(C)CN(c2cnn(C3CCNCC3)c2)C1. The number of hydrogen-bond acceptors (Lipinski definition) is 3. The number of hydrogen-bond donors (Lipinski definition) is 1. The van der Waals surface area contributed by atoms with Gasteiger partial charge in [0, 0.05) is 19.3 Å². The highest BCUT2D eigenvalue weighted by Crippen LogP contribution is 2.33. The van der Waals surface area contributed by atoms with Crippen LogP contribution < -0.4 is 10.2 Å². The molecule has 0 aliphatic carbocycles. The van der Waals surface area contributed by atoms with E-state index in [0.717, 1.165) is 26.2 Å². The standard InChI is InChI=1S/C13H22N4/c1-13(2)9-16(10-13)12-7-15-17(8-12)11-3-5-14-6-4-11/h7-8,11,14H,3-6,9-10H2,1-2H3. The number of piperidine rings is 1. The Morgan fingerprint density at radius 2 is 2.00 bits per heavy atom. The highest BCUT2D eigenvalue weighted by Gasteiger charge is 2.34. The highest BCUT2D eigenvalue weighted by atomic mass is 15.3. The van der Waals surface area contributed by atoms with Gasteiger partial charge in [0.2, 0.25) is 0 Å². The van der Waals surface area contributed by atoms with Gasteiger partial charge in [-0.15, -0.1) is 0 Å². The van der Waals surface area contributed by atoms with Crippen LogP contribution in [0.4, 0.5) is 5.69 Å². The summed E-state index contributed by atoms with van der Waals surface area (Å²) in [6, 6.07) is 0.597. The van der Waals surface area contributed by atoms with Gasteiger partial charge >= 0.3 is 0 Å². The molecule has 0 amide bonds. The Hall–Kier alpha value is -1.03. The molecule has 1 aromatic heterocycles. The molecular weight excluding hydrogens is 212 g/mol. The van der Waals surface area contributed by atoms with E-state index >= 15 is 0 Å². The van der Waals surface area contributed by atoms with Crippen LogP contribution in [0.1, 0.15) is 32.7 Å². The third-order valence-electron chi connectivity index (χ3n) is 3.87. The minimum Gasteiger partial charge on any atom is -0.368 e. The van der Waals surface area contributed by atoms with Crippen molar-refractivity contribution >= 4 is 5.69 Å². The van der Waals surface area contributed by atoms with Crippen molar-refractivity contribution in [2.75, 3.05) is 31.1 Å². The smallest absolute Gasteiger partial charge is 0.0753 e. The first kappa shape index (κ1) is 11.1. The van der Waals surface area contributed by atoms with E-state index in [4.69, 9.17) is 0 Å². The molecule has 2 aliphatic rings. The summed E-state index contributed by atoms with van der Waals surface area (Å²) in [7, 11) is 0. The molecule has 2 saturated heterocycles. The van der Waals surface area contributed by atoms with Gasteiger partial charge in [0.05, 0.1) is 17.9 Å². The van der Waals surface area contributed by atoms with Gasteiger partial charge in [0.15, 0.2) is 0 Å². The van der Waals surface area contributed by atoms with Crippen molar-refractivity contribution in [2.24, 2.45) is 5.41 Å². The van der Waals surface area contributed by atoms with Crippen LogP contribution >= 0.6 is 0 Å². The van der Waals surface area contributed by atoms with Crippen molar-refractivity contribution in [3.63, 3.8) is 0 Å². The van der Waals surface area contributed by atoms with Gasteiger partial charge in [-0.3, -0.25) is 4.68 Å². The van der Waals surface area contributed by atoms with E-state index in [-0.39, 0.29) is 0 Å². The Bertz CT molecular complexity index is 382. The number of aromatic nitrogens is 2. The fraction of sp³-hybridized carbons (Fsp3) is 0.769. The largest absolute Gasteiger partial charge is 0.368 e. The lowest BCUT2D eigenvalue weighted by molar-refractivity contribution is 0.276. The lowest BCUT2D eigenvalue weighted by Gasteiger charge is -2.46. The lowest BCUT2D eigenvalue weighted by atomic mass is 9.84. The first-order valence-electron chi connectivity index (χ1n) is 6.64. The molecule has 3 heterocycles. The minimum absolute atomic E-state index is 0.483. The second-order valence-electron chi connectivity index (χ2n) is 6.18. The summed E-state index contributed by atoms with van der Waals surface area (Å²) >= 11 is 0. The maximum absolute atomic E-state index is 4.54. The predicted molar refractivity (Wildman–Crippen MR) is 69.4 cm³/mol. The van der Waals surface area contributed by atoms with E-state index in [0.29, 0.717) is 11.5 Å². The summed E-state index contributed by atoms with van der Waals surface area (Å²) in [5, 5.41) is 7.93. The molecule has 0 atom stereocenters. The van der Waals surface area contributed by atoms with Crippen molar-refractivity contribution in [3.05, 3.63) is 12.4 Å². The van der Waals surface area contributed by atoms with Crippen LogP contribution in [0.5, 0.6) is 0 Å². The molecule has 0 unspecified atom stereocenters. The summed E-state index contributed by atoms with van der Waals surface area (Å²) in [4.78, 5) is 2.42. The summed E-state index contributed by atoms with van der Waals surface area (Å²) in [6.07, 6.45) is 6.65. The molecule has 3 rings (SSSR count). The van der Waals surface area contributed by atoms with Crippen LogP contribution in [-0.2, 0) is 0 Å². The van der Waals surface area contributed by atoms with Crippen LogP contribution in [0.25, 0.3) is 0 Å². The monoisotopic (exact) mass is 234 g/mol. The van der Waals surface area contributed by atoms with Crippen molar-refractivity contribution in [1.82, 2.24) is 15.1 Å². The fourth-order valence-corrected chi connectivity index (χ4v) is 2.93. The maximum atomic E-state index is 4.54. The third kappa shape index (κ3) is 2.18. The second kappa shape index (κ2) is 4.02. The zero-order chi connectivity index (χ0) is 11.9. The molecule has 94 valence electrons. The Morgan fingerprint density at radius 1 is 1.29 bits per heavy atom. The van der Waals surface area contributed by atoms with Gasteiger partial charge in [0.1, 0.15) is 0 Å². The van der Waals surface area contributed by atoms with Crippen molar-refractivity contribution in [3.8, 4) is 0 Å². The molecule has 2 aliphatic heterocycles. The molecule has 0 spiro atoms. The van der Waals surface area contributed by atoms with Gasteiger partial charge in [-0.25, -0.2) is 0 Å². The Balaban J connectivity index is 1.66. The van der Waals surface area contributed by atoms with E-state index < -0.39 is 0 Å². The topological polar surface area (TPSA) is 33.1 Å². The van der Waals surface area contributed by atoms with E-state index in [2.05, 4.69) is 40.0 Å². The average molecular weight is 234 g/mol. The summed E-state index contributed by atoms with van der Waals surface area (Å²) in [6.45, 7) is 9.20. The van der Waals surface area contributed by atoms with E-state index in [1.165, 1.54) is 18.5 Å². The summed E-state index contributed by atoms with van der Waals surface area (Å²) in [5.41, 5.74) is 1.78. The molecular formula is C13H22N4. The van der Waals surface area contributed by atoms with E-state index in [9.17, 15) is 0 Å². The number of nitrogens with one attached hydrogen (secondary N) is 1. The van der Waals surface area contributed by atoms with Crippen molar-refractivity contribution in [2.45, 2.75) is 32.7 Å². The van der Waals surface area contributed by atoms with Crippen LogP contribution in [0.15, 0.2) is 12.4 Å². The molecule has 4 heteroatoms. The zero-order valence-corrected chi connectivity index (χ0v) is 10.8. The number of rotatable bonds is 2. The zero-order valence-electron chi connectivity index (χ0n) is 10.8. The third-order valence-corrected chi connectivity index (χ3v) is 3.87. The maximum Gasteiger partial charge on any atom is 0.0753 e. The Kier molecular flexibility index (Phi) is 2.62. The van der Waals surface area contributed by atoms with Crippen LogP contribution in [-0.4, -0.2) is 36.0 Å². The molecule has 2 fully saturated rings. The first-order valence-corrected chi connectivity index (χ1v) is 6.64. The molecule has 1 aromatic rings. The minimum atomic E-state index is 0.483. The average Bonchev–Trinajstić information content (AvgIpc) is 2.76. The summed E-state index contributed by atoms with van der Waals surface area (Å²) in [5.74, 6) is 0. The van der Waals surface area contributed by atoms with Crippen molar-refractivity contribution < 1.29 is 0 Å². The van der Waals surface area contributed by atoms with Gasteiger partial charge in [-0.2, -0.15) is 5.10 Å². The van der Waals surface area contributed by atoms with Crippen molar-refractivity contribution in [1.29, 1.82) is 0 Å². The van der Waals surface area contributed by atoms with Gasteiger partial charge in [-0.1, -0.05) is 13.8 Å². The molecule has 0 bridgehead atoms. The second-order valence-corrected chi connectivity index (χ2v) is 6.18. The van der Waals surface area contributed by atoms with Gasteiger partial charge in [0.25, 0.3) is 0 Å². The predicted octanol–water partition coefficient (Wildman–Crippen LogP) is 1.65. The molecule has 1 N–H and O–H groups in total. The lowest BCUT2D eigenvalue weighted by Crippen LogP contribution is -2.52. The molecule has 17 heavy (non-hydrogen) atoms.